The molecule has 0 aliphatic carbocycles. The molecule has 3 aromatic rings. The SMILES string of the molecule is Cc1cc2c(cc1-c1ccc(NC(=O)c3c(C)cccc3F)nc1)OCCO2. The molecule has 0 spiro atoms. The van der Waals surface area contributed by atoms with Crippen molar-refractivity contribution in [2.45, 2.75) is 13.8 Å². The van der Waals surface area contributed by atoms with Gasteiger partial charge in [-0.3, -0.25) is 4.79 Å². The van der Waals surface area contributed by atoms with Crippen molar-refractivity contribution in [2.75, 3.05) is 18.5 Å². The summed E-state index contributed by atoms with van der Waals surface area (Å²) in [5.74, 6) is 0.725. The number of hydrogen-bond donors (Lipinski definition) is 1. The minimum absolute atomic E-state index is 0.0241. The minimum Gasteiger partial charge on any atom is -0.486 e. The van der Waals surface area contributed by atoms with Gasteiger partial charge in [0.05, 0.1) is 5.56 Å². The van der Waals surface area contributed by atoms with E-state index in [1.165, 1.54) is 6.07 Å². The van der Waals surface area contributed by atoms with Gasteiger partial charge in [-0.2, -0.15) is 0 Å². The second-order valence-electron chi connectivity index (χ2n) is 6.63. The van der Waals surface area contributed by atoms with E-state index in [0.717, 1.165) is 22.4 Å². The molecule has 1 aliphatic heterocycles. The molecule has 4 rings (SSSR count). The zero-order valence-corrected chi connectivity index (χ0v) is 15.6. The van der Waals surface area contributed by atoms with Gasteiger partial charge in [0.2, 0.25) is 0 Å². The number of amides is 1. The number of carbonyl (C=O) groups is 1. The Morgan fingerprint density at radius 1 is 1.04 bits per heavy atom. The van der Waals surface area contributed by atoms with Crippen molar-refractivity contribution >= 4 is 11.7 Å². The molecule has 1 aromatic heterocycles. The Hall–Kier alpha value is -3.41. The Balaban J connectivity index is 1.57. The maximum absolute atomic E-state index is 14.0. The first-order valence-corrected chi connectivity index (χ1v) is 8.96. The summed E-state index contributed by atoms with van der Waals surface area (Å²) in [4.78, 5) is 16.7. The summed E-state index contributed by atoms with van der Waals surface area (Å²) in [5, 5.41) is 2.65. The van der Waals surface area contributed by atoms with Crippen molar-refractivity contribution in [3.8, 4) is 22.6 Å². The summed E-state index contributed by atoms with van der Waals surface area (Å²) in [6, 6.07) is 12.0. The highest BCUT2D eigenvalue weighted by atomic mass is 19.1. The number of halogens is 1. The van der Waals surface area contributed by atoms with E-state index < -0.39 is 11.7 Å². The fraction of sp³-hybridized carbons (Fsp3) is 0.182. The second-order valence-corrected chi connectivity index (χ2v) is 6.63. The van der Waals surface area contributed by atoms with Crippen molar-refractivity contribution in [1.29, 1.82) is 0 Å². The predicted molar refractivity (Wildman–Crippen MR) is 104 cm³/mol. The third-order valence-electron chi connectivity index (χ3n) is 4.65. The lowest BCUT2D eigenvalue weighted by molar-refractivity contribution is 0.102. The first kappa shape index (κ1) is 18.0. The summed E-state index contributed by atoms with van der Waals surface area (Å²) in [6.45, 7) is 4.75. The molecule has 142 valence electrons. The van der Waals surface area contributed by atoms with Crippen molar-refractivity contribution in [3.63, 3.8) is 0 Å². The van der Waals surface area contributed by atoms with Gasteiger partial charge < -0.3 is 14.8 Å². The lowest BCUT2D eigenvalue weighted by Crippen LogP contribution is -2.16. The molecule has 0 radical (unpaired) electrons. The molecule has 1 amide bonds. The maximum atomic E-state index is 14.0. The molecular weight excluding hydrogens is 359 g/mol. The average molecular weight is 378 g/mol. The van der Waals surface area contributed by atoms with Gasteiger partial charge in [-0.1, -0.05) is 12.1 Å². The van der Waals surface area contributed by atoms with Gasteiger partial charge in [0, 0.05) is 11.8 Å². The van der Waals surface area contributed by atoms with Crippen molar-refractivity contribution in [2.24, 2.45) is 0 Å². The van der Waals surface area contributed by atoms with Crippen LogP contribution in [0.5, 0.6) is 11.5 Å². The highest BCUT2D eigenvalue weighted by Crippen LogP contribution is 2.37. The van der Waals surface area contributed by atoms with Crippen LogP contribution in [0, 0.1) is 19.7 Å². The van der Waals surface area contributed by atoms with Gasteiger partial charge in [-0.05, 0) is 60.9 Å². The van der Waals surface area contributed by atoms with Crippen LogP contribution in [0.1, 0.15) is 21.5 Å². The molecule has 0 unspecified atom stereocenters. The van der Waals surface area contributed by atoms with Crippen LogP contribution in [0.15, 0.2) is 48.7 Å². The van der Waals surface area contributed by atoms with Crippen LogP contribution in [0.3, 0.4) is 0 Å². The third-order valence-corrected chi connectivity index (χ3v) is 4.65. The Morgan fingerprint density at radius 2 is 1.79 bits per heavy atom. The monoisotopic (exact) mass is 378 g/mol. The number of hydrogen-bond acceptors (Lipinski definition) is 4. The first-order chi connectivity index (χ1) is 13.5. The fourth-order valence-electron chi connectivity index (χ4n) is 3.23. The molecular formula is C22H19FN2O3. The van der Waals surface area contributed by atoms with E-state index in [9.17, 15) is 9.18 Å². The van der Waals surface area contributed by atoms with E-state index in [-0.39, 0.29) is 5.56 Å². The maximum Gasteiger partial charge on any atom is 0.260 e. The van der Waals surface area contributed by atoms with Crippen LogP contribution in [0.2, 0.25) is 0 Å². The van der Waals surface area contributed by atoms with Gasteiger partial charge in [-0.25, -0.2) is 9.37 Å². The number of nitrogens with zero attached hydrogens (tertiary/aromatic N) is 1. The molecule has 2 heterocycles. The predicted octanol–water partition coefficient (Wildman–Crippen LogP) is 4.53. The van der Waals surface area contributed by atoms with E-state index in [2.05, 4.69) is 10.3 Å². The van der Waals surface area contributed by atoms with Crippen molar-refractivity contribution in [3.05, 3.63) is 71.2 Å². The smallest absolute Gasteiger partial charge is 0.260 e. The number of nitrogens with one attached hydrogen (secondary N) is 1. The van der Waals surface area contributed by atoms with Crippen LogP contribution in [0.4, 0.5) is 10.2 Å². The fourth-order valence-corrected chi connectivity index (χ4v) is 3.23. The number of ether oxygens (including phenoxy) is 2. The molecule has 6 heteroatoms. The van der Waals surface area contributed by atoms with Crippen LogP contribution in [0.25, 0.3) is 11.1 Å². The summed E-state index contributed by atoms with van der Waals surface area (Å²) in [6.07, 6.45) is 1.67. The normalized spacial score (nSPS) is 12.5. The molecule has 28 heavy (non-hydrogen) atoms. The lowest BCUT2D eigenvalue weighted by atomic mass is 10.0. The summed E-state index contributed by atoms with van der Waals surface area (Å²) in [5.41, 5.74) is 3.48. The molecule has 0 saturated carbocycles. The van der Waals surface area contributed by atoms with E-state index in [1.807, 2.05) is 25.1 Å². The number of pyridine rings is 1. The Labute approximate surface area is 162 Å². The van der Waals surface area contributed by atoms with E-state index in [1.54, 1.807) is 31.3 Å². The van der Waals surface area contributed by atoms with Crippen LogP contribution in [-0.2, 0) is 0 Å². The number of aromatic nitrogens is 1. The first-order valence-electron chi connectivity index (χ1n) is 8.96. The largest absolute Gasteiger partial charge is 0.486 e. The molecule has 2 aromatic carbocycles. The zero-order chi connectivity index (χ0) is 19.7. The Morgan fingerprint density at radius 3 is 2.46 bits per heavy atom. The Kier molecular flexibility index (Phi) is 4.69. The average Bonchev–Trinajstić information content (AvgIpc) is 2.68. The van der Waals surface area contributed by atoms with Gasteiger partial charge in [0.25, 0.3) is 5.91 Å². The number of fused-ring (bicyclic) bond motifs is 1. The Bertz CT molecular complexity index is 1030. The molecule has 0 bridgehead atoms. The zero-order valence-electron chi connectivity index (χ0n) is 15.6. The van der Waals surface area contributed by atoms with Crippen LogP contribution in [-0.4, -0.2) is 24.1 Å². The molecule has 1 aliphatic rings. The molecule has 0 atom stereocenters. The van der Waals surface area contributed by atoms with Gasteiger partial charge in [0.1, 0.15) is 24.8 Å². The number of rotatable bonds is 3. The van der Waals surface area contributed by atoms with Crippen LogP contribution < -0.4 is 14.8 Å². The molecule has 0 fully saturated rings. The van der Waals surface area contributed by atoms with Crippen molar-refractivity contribution in [1.82, 2.24) is 4.98 Å². The highest BCUT2D eigenvalue weighted by Gasteiger charge is 2.17. The number of anilines is 1. The van der Waals surface area contributed by atoms with E-state index >= 15 is 0 Å². The quantitative estimate of drug-likeness (QED) is 0.728. The topological polar surface area (TPSA) is 60.5 Å². The molecule has 0 saturated heterocycles. The standard InChI is InChI=1S/C22H19FN2O3/c1-13-4-3-5-17(23)21(13)22(26)25-20-7-6-15(12-24-20)16-11-19-18(10-14(16)2)27-8-9-28-19/h3-7,10-12H,8-9H2,1-2H3,(H,24,25,26). The van der Waals surface area contributed by atoms with Gasteiger partial charge in [0.15, 0.2) is 11.5 Å². The van der Waals surface area contributed by atoms with E-state index in [0.29, 0.717) is 30.3 Å². The van der Waals surface area contributed by atoms with Gasteiger partial charge in [-0.15, -0.1) is 0 Å². The third kappa shape index (κ3) is 3.41. The minimum atomic E-state index is -0.555. The summed E-state index contributed by atoms with van der Waals surface area (Å²) >= 11 is 0. The van der Waals surface area contributed by atoms with Gasteiger partial charge >= 0.3 is 0 Å². The number of aryl methyl sites for hydroxylation is 2. The van der Waals surface area contributed by atoms with E-state index in [4.69, 9.17) is 9.47 Å². The van der Waals surface area contributed by atoms with Crippen molar-refractivity contribution < 1.29 is 18.7 Å². The lowest BCUT2D eigenvalue weighted by Gasteiger charge is -2.20. The molecule has 5 nitrogen and oxygen atoms in total. The second kappa shape index (κ2) is 7.31. The van der Waals surface area contributed by atoms with Crippen LogP contribution >= 0.6 is 0 Å². The highest BCUT2D eigenvalue weighted by molar-refractivity contribution is 6.05. The number of carbonyl (C=O) groups excluding carboxylic acids is 1. The molecule has 1 N–H and O–H groups in total. The summed E-state index contributed by atoms with van der Waals surface area (Å²) in [7, 11) is 0. The number of benzene rings is 2. The summed E-state index contributed by atoms with van der Waals surface area (Å²) < 4.78 is 25.2.